The zero-order chi connectivity index (χ0) is 16.1. The first kappa shape index (κ1) is 16.5. The molecule has 0 aliphatic carbocycles. The molecule has 0 spiro atoms. The van der Waals surface area contributed by atoms with Gasteiger partial charge in [0.05, 0.1) is 7.11 Å². The predicted octanol–water partition coefficient (Wildman–Crippen LogP) is 2.41. The number of esters is 1. The lowest BCUT2D eigenvalue weighted by Crippen LogP contribution is -2.42. The van der Waals surface area contributed by atoms with Crippen LogP contribution in [0.25, 0.3) is 11.1 Å². The van der Waals surface area contributed by atoms with Gasteiger partial charge in [0, 0.05) is 11.1 Å². The molecule has 3 N–H and O–H groups in total. The van der Waals surface area contributed by atoms with E-state index in [1.54, 1.807) is 0 Å². The number of carbonyl (C=O) groups is 1. The lowest BCUT2D eigenvalue weighted by molar-refractivity contribution is -0.151. The van der Waals surface area contributed by atoms with Gasteiger partial charge in [-0.3, -0.25) is 0 Å². The van der Waals surface area contributed by atoms with Crippen molar-refractivity contribution in [3.63, 3.8) is 0 Å². The lowest BCUT2D eigenvalue weighted by Gasteiger charge is -2.16. The van der Waals surface area contributed by atoms with Gasteiger partial charge in [0.15, 0.2) is 6.10 Å². The lowest BCUT2D eigenvalue weighted by atomic mass is 9.99. The summed E-state index contributed by atoms with van der Waals surface area (Å²) in [7, 11) is 1.22. The highest BCUT2D eigenvalue weighted by Gasteiger charge is 2.23. The molecule has 1 unspecified atom stereocenters. The summed E-state index contributed by atoms with van der Waals surface area (Å²) in [5.41, 5.74) is 8.82. The van der Waals surface area contributed by atoms with Gasteiger partial charge < -0.3 is 15.6 Å². The number of hydrogen-bond acceptors (Lipinski definition) is 4. The molecular formula is C17H18ClNO3. The van der Waals surface area contributed by atoms with Crippen LogP contribution in [0.3, 0.4) is 0 Å². The first-order valence-corrected chi connectivity index (χ1v) is 7.25. The average molecular weight is 320 g/mol. The number of ether oxygens (including phenoxy) is 1. The number of rotatable bonds is 5. The van der Waals surface area contributed by atoms with Crippen molar-refractivity contribution < 1.29 is 14.6 Å². The van der Waals surface area contributed by atoms with E-state index >= 15 is 0 Å². The monoisotopic (exact) mass is 319 g/mol. The van der Waals surface area contributed by atoms with E-state index in [2.05, 4.69) is 4.74 Å². The zero-order valence-corrected chi connectivity index (χ0v) is 13.0. The van der Waals surface area contributed by atoms with Gasteiger partial charge in [-0.15, -0.1) is 0 Å². The molecule has 0 saturated carbocycles. The molecule has 0 amide bonds. The molecule has 0 radical (unpaired) electrons. The molecule has 4 nitrogen and oxygen atoms in total. The summed E-state index contributed by atoms with van der Waals surface area (Å²) in [5, 5.41) is 10.4. The van der Waals surface area contributed by atoms with Crippen molar-refractivity contribution >= 4 is 17.6 Å². The van der Waals surface area contributed by atoms with Crippen LogP contribution in [0.2, 0.25) is 5.02 Å². The number of nitrogens with two attached hydrogens (primary N) is 1. The molecule has 0 aromatic heterocycles. The van der Waals surface area contributed by atoms with E-state index in [1.807, 2.05) is 48.5 Å². The fraction of sp³-hybridized carbons (Fsp3) is 0.235. The van der Waals surface area contributed by atoms with E-state index in [9.17, 15) is 9.90 Å². The molecule has 0 aliphatic rings. The Bertz CT molecular complexity index is 643. The minimum atomic E-state index is -1.32. The minimum Gasteiger partial charge on any atom is -0.467 e. The van der Waals surface area contributed by atoms with Gasteiger partial charge in [0.2, 0.25) is 0 Å². The SMILES string of the molecule is COC(=O)[C@H](O)C(N)Cc1ccc(-c2cccc(Cl)c2)cc1. The van der Waals surface area contributed by atoms with Crippen molar-refractivity contribution in [1.29, 1.82) is 0 Å². The third-order valence-corrected chi connectivity index (χ3v) is 3.67. The second-order valence-electron chi connectivity index (χ2n) is 5.04. The third kappa shape index (κ3) is 4.07. The van der Waals surface area contributed by atoms with Gasteiger partial charge in [-0.25, -0.2) is 4.79 Å². The van der Waals surface area contributed by atoms with Crippen molar-refractivity contribution in [2.24, 2.45) is 5.73 Å². The fourth-order valence-electron chi connectivity index (χ4n) is 2.18. The molecule has 5 heteroatoms. The second kappa shape index (κ2) is 7.40. The topological polar surface area (TPSA) is 72.5 Å². The van der Waals surface area contributed by atoms with E-state index in [-0.39, 0.29) is 0 Å². The highest BCUT2D eigenvalue weighted by Crippen LogP contribution is 2.23. The summed E-state index contributed by atoms with van der Waals surface area (Å²) in [6.45, 7) is 0. The van der Waals surface area contributed by atoms with Gasteiger partial charge in [0.1, 0.15) is 0 Å². The Balaban J connectivity index is 2.08. The summed E-state index contributed by atoms with van der Waals surface area (Å²) in [6.07, 6.45) is -0.941. The average Bonchev–Trinajstić information content (AvgIpc) is 2.54. The van der Waals surface area contributed by atoms with Crippen molar-refractivity contribution in [2.75, 3.05) is 7.11 Å². The van der Waals surface area contributed by atoms with Gasteiger partial charge in [-0.1, -0.05) is 48.0 Å². The third-order valence-electron chi connectivity index (χ3n) is 3.43. The zero-order valence-electron chi connectivity index (χ0n) is 12.2. The number of halogens is 1. The van der Waals surface area contributed by atoms with Crippen molar-refractivity contribution in [3.8, 4) is 11.1 Å². The van der Waals surface area contributed by atoms with Crippen molar-refractivity contribution in [3.05, 3.63) is 59.1 Å². The highest BCUT2D eigenvalue weighted by molar-refractivity contribution is 6.30. The van der Waals surface area contributed by atoms with E-state index in [0.717, 1.165) is 16.7 Å². The molecule has 0 fully saturated rings. The number of aliphatic hydroxyl groups excluding tert-OH is 1. The Kier molecular flexibility index (Phi) is 5.55. The number of carbonyl (C=O) groups excluding carboxylic acids is 1. The molecule has 0 saturated heterocycles. The first-order chi connectivity index (χ1) is 10.5. The summed E-state index contributed by atoms with van der Waals surface area (Å²) < 4.78 is 4.48. The molecule has 0 heterocycles. The molecule has 116 valence electrons. The Morgan fingerprint density at radius 1 is 1.23 bits per heavy atom. The van der Waals surface area contributed by atoms with Crippen LogP contribution in [0.15, 0.2) is 48.5 Å². The summed E-state index contributed by atoms with van der Waals surface area (Å²) >= 11 is 5.98. The molecule has 0 aliphatic heterocycles. The van der Waals surface area contributed by atoms with Crippen LogP contribution in [-0.4, -0.2) is 30.3 Å². The second-order valence-corrected chi connectivity index (χ2v) is 5.48. The Morgan fingerprint density at radius 2 is 1.91 bits per heavy atom. The first-order valence-electron chi connectivity index (χ1n) is 6.87. The van der Waals surface area contributed by atoms with Gasteiger partial charge in [-0.05, 0) is 35.2 Å². The number of benzene rings is 2. The largest absolute Gasteiger partial charge is 0.467 e. The van der Waals surface area contributed by atoms with Crippen LogP contribution in [0.1, 0.15) is 5.56 Å². The maximum Gasteiger partial charge on any atom is 0.336 e. The van der Waals surface area contributed by atoms with Crippen LogP contribution >= 0.6 is 11.6 Å². The fourth-order valence-corrected chi connectivity index (χ4v) is 2.37. The molecule has 2 atom stereocenters. The van der Waals surface area contributed by atoms with E-state index in [1.165, 1.54) is 7.11 Å². The van der Waals surface area contributed by atoms with E-state index < -0.39 is 18.1 Å². The van der Waals surface area contributed by atoms with Gasteiger partial charge >= 0.3 is 5.97 Å². The molecule has 0 bridgehead atoms. The number of aliphatic hydroxyl groups is 1. The smallest absolute Gasteiger partial charge is 0.336 e. The Labute approximate surface area is 134 Å². The van der Waals surface area contributed by atoms with Crippen LogP contribution in [0.4, 0.5) is 0 Å². The minimum absolute atomic E-state index is 0.381. The quantitative estimate of drug-likeness (QED) is 0.830. The predicted molar refractivity (Wildman–Crippen MR) is 86.6 cm³/mol. The number of methoxy groups -OCH3 is 1. The number of hydrogen-bond donors (Lipinski definition) is 2. The summed E-state index contributed by atoms with van der Waals surface area (Å²) in [5.74, 6) is -0.719. The molecule has 2 aromatic rings. The van der Waals surface area contributed by atoms with Gasteiger partial charge in [0.25, 0.3) is 0 Å². The molecule has 2 aromatic carbocycles. The van der Waals surface area contributed by atoms with Crippen LogP contribution in [-0.2, 0) is 16.0 Å². The normalized spacial score (nSPS) is 13.5. The highest BCUT2D eigenvalue weighted by atomic mass is 35.5. The van der Waals surface area contributed by atoms with Crippen molar-refractivity contribution in [1.82, 2.24) is 0 Å². The maximum absolute atomic E-state index is 11.2. The molecule has 22 heavy (non-hydrogen) atoms. The van der Waals surface area contributed by atoms with E-state index in [0.29, 0.717) is 11.4 Å². The Hall–Kier alpha value is -1.88. The van der Waals surface area contributed by atoms with Crippen LogP contribution in [0.5, 0.6) is 0 Å². The standard InChI is InChI=1S/C17H18ClNO3/c1-22-17(21)16(20)15(19)9-11-5-7-12(8-6-11)13-3-2-4-14(18)10-13/h2-8,10,15-16,20H,9,19H2,1H3/t15?,16-/m1/s1. The van der Waals surface area contributed by atoms with Crippen LogP contribution < -0.4 is 5.73 Å². The summed E-state index contributed by atoms with van der Waals surface area (Å²) in [6, 6.07) is 14.6. The molecule has 2 rings (SSSR count). The summed E-state index contributed by atoms with van der Waals surface area (Å²) in [4.78, 5) is 11.2. The molecular weight excluding hydrogens is 302 g/mol. The maximum atomic E-state index is 11.2. The Morgan fingerprint density at radius 3 is 2.50 bits per heavy atom. The van der Waals surface area contributed by atoms with Crippen molar-refractivity contribution in [2.45, 2.75) is 18.6 Å². The van der Waals surface area contributed by atoms with Gasteiger partial charge in [-0.2, -0.15) is 0 Å². The van der Waals surface area contributed by atoms with E-state index in [4.69, 9.17) is 17.3 Å². The van der Waals surface area contributed by atoms with Crippen LogP contribution in [0, 0.1) is 0 Å².